The van der Waals surface area contributed by atoms with Crippen LogP contribution < -0.4 is 4.90 Å². The highest BCUT2D eigenvalue weighted by molar-refractivity contribution is 6.22. The summed E-state index contributed by atoms with van der Waals surface area (Å²) in [6, 6.07) is 9.56. The maximum atomic E-state index is 13.0. The first kappa shape index (κ1) is 13.9. The molecule has 2 amide bonds. The van der Waals surface area contributed by atoms with E-state index in [0.717, 1.165) is 25.9 Å². The lowest BCUT2D eigenvalue weighted by molar-refractivity contribution is -0.124. The van der Waals surface area contributed by atoms with Crippen LogP contribution in [0.5, 0.6) is 0 Å². The van der Waals surface area contributed by atoms with Gasteiger partial charge in [-0.2, -0.15) is 0 Å². The maximum Gasteiger partial charge on any atom is 0.239 e. The fraction of sp³-hybridized carbons (Fsp3) is 0.556. The summed E-state index contributed by atoms with van der Waals surface area (Å²) in [4.78, 5) is 29.7. The Bertz CT molecular complexity index is 625. The van der Waals surface area contributed by atoms with E-state index in [-0.39, 0.29) is 35.1 Å². The molecule has 4 nitrogen and oxygen atoms in total. The Kier molecular flexibility index (Phi) is 2.95. The van der Waals surface area contributed by atoms with Crippen LogP contribution in [0.4, 0.5) is 5.69 Å². The third-order valence-electron chi connectivity index (χ3n) is 5.72. The molecule has 0 radical (unpaired) electrons. The molecule has 3 fully saturated rings. The zero-order valence-corrected chi connectivity index (χ0v) is 13.2. The number of nitrogens with zero attached hydrogens (tertiary/aromatic N) is 2. The van der Waals surface area contributed by atoms with Gasteiger partial charge in [0.2, 0.25) is 11.8 Å². The molecule has 0 aromatic heterocycles. The van der Waals surface area contributed by atoms with E-state index >= 15 is 0 Å². The Hall–Kier alpha value is -1.68. The summed E-state index contributed by atoms with van der Waals surface area (Å²) in [7, 11) is 0. The van der Waals surface area contributed by atoms with Crippen molar-refractivity contribution in [3.8, 4) is 0 Å². The molecule has 1 aromatic carbocycles. The second-order valence-corrected chi connectivity index (χ2v) is 7.51. The van der Waals surface area contributed by atoms with E-state index in [4.69, 9.17) is 0 Å². The lowest BCUT2D eigenvalue weighted by atomic mass is 9.71. The van der Waals surface area contributed by atoms with Crippen LogP contribution in [0.3, 0.4) is 0 Å². The molecular weight excluding hydrogens is 276 g/mol. The fourth-order valence-corrected chi connectivity index (χ4v) is 4.82. The molecule has 22 heavy (non-hydrogen) atoms. The van der Waals surface area contributed by atoms with Gasteiger partial charge in [0.25, 0.3) is 0 Å². The number of hydrogen-bond acceptors (Lipinski definition) is 3. The Labute approximate surface area is 131 Å². The predicted molar refractivity (Wildman–Crippen MR) is 84.3 cm³/mol. The molecule has 0 unspecified atom stereocenters. The minimum atomic E-state index is -0.164. The van der Waals surface area contributed by atoms with E-state index in [1.807, 2.05) is 30.3 Å². The first-order valence-corrected chi connectivity index (χ1v) is 8.17. The van der Waals surface area contributed by atoms with Gasteiger partial charge in [-0.25, -0.2) is 4.90 Å². The quantitative estimate of drug-likeness (QED) is 0.747. The molecule has 0 N–H and O–H groups in total. The molecule has 4 rings (SSSR count). The van der Waals surface area contributed by atoms with Gasteiger partial charge >= 0.3 is 0 Å². The molecule has 0 saturated carbocycles. The second kappa shape index (κ2) is 4.66. The van der Waals surface area contributed by atoms with Gasteiger partial charge in [-0.1, -0.05) is 32.0 Å². The van der Waals surface area contributed by atoms with Gasteiger partial charge in [0.1, 0.15) is 0 Å². The minimum absolute atomic E-state index is 0.00340. The molecule has 3 heterocycles. The summed E-state index contributed by atoms with van der Waals surface area (Å²) < 4.78 is 0. The van der Waals surface area contributed by atoms with Crippen LogP contribution in [0.15, 0.2) is 30.3 Å². The van der Waals surface area contributed by atoms with Crippen molar-refractivity contribution in [3.05, 3.63) is 30.3 Å². The van der Waals surface area contributed by atoms with Crippen LogP contribution in [0.1, 0.15) is 26.7 Å². The zero-order valence-electron chi connectivity index (χ0n) is 13.2. The molecule has 3 atom stereocenters. The molecule has 3 aliphatic rings. The van der Waals surface area contributed by atoms with Crippen molar-refractivity contribution in [1.82, 2.24) is 4.90 Å². The van der Waals surface area contributed by atoms with E-state index in [9.17, 15) is 9.59 Å². The normalized spacial score (nSPS) is 33.9. The average molecular weight is 298 g/mol. The van der Waals surface area contributed by atoms with Crippen molar-refractivity contribution in [1.29, 1.82) is 0 Å². The first-order chi connectivity index (χ1) is 10.5. The molecule has 0 spiro atoms. The number of carbonyl (C=O) groups excluding carboxylic acids is 2. The lowest BCUT2D eigenvalue weighted by Gasteiger charge is -2.44. The van der Waals surface area contributed by atoms with E-state index in [2.05, 4.69) is 18.7 Å². The van der Waals surface area contributed by atoms with Crippen molar-refractivity contribution in [2.45, 2.75) is 32.7 Å². The lowest BCUT2D eigenvalue weighted by Crippen LogP contribution is -2.51. The van der Waals surface area contributed by atoms with Gasteiger partial charge in [-0.05, 0) is 36.9 Å². The van der Waals surface area contributed by atoms with Gasteiger partial charge in [0, 0.05) is 12.6 Å². The highest BCUT2D eigenvalue weighted by Gasteiger charge is 2.61. The largest absolute Gasteiger partial charge is 0.298 e. The third-order valence-corrected chi connectivity index (χ3v) is 5.72. The highest BCUT2D eigenvalue weighted by Crippen LogP contribution is 2.49. The molecule has 0 bridgehead atoms. The number of piperidine rings is 1. The van der Waals surface area contributed by atoms with Crippen LogP contribution in [0.25, 0.3) is 0 Å². The SMILES string of the molecule is CC1(C)CCCN2C[C@H]3C(=O)N(c4ccccc4)C(=O)[C@H]3[C@H]21. The van der Waals surface area contributed by atoms with Crippen LogP contribution in [0.2, 0.25) is 0 Å². The Morgan fingerprint density at radius 2 is 1.82 bits per heavy atom. The minimum Gasteiger partial charge on any atom is -0.298 e. The standard InChI is InChI=1S/C18H22N2O2/c1-18(2)9-6-10-19-11-13-14(15(18)19)17(22)20(16(13)21)12-7-4-3-5-8-12/h3-5,7-8,13-15H,6,9-11H2,1-2H3/t13-,14-,15+/m1/s1. The third kappa shape index (κ3) is 1.80. The summed E-state index contributed by atoms with van der Waals surface area (Å²) in [5, 5.41) is 0. The van der Waals surface area contributed by atoms with Crippen molar-refractivity contribution < 1.29 is 9.59 Å². The Balaban J connectivity index is 1.72. The van der Waals surface area contributed by atoms with Crippen molar-refractivity contribution in [2.24, 2.45) is 17.3 Å². The summed E-state index contributed by atoms with van der Waals surface area (Å²) >= 11 is 0. The molecule has 0 aliphatic carbocycles. The number of anilines is 1. The predicted octanol–water partition coefficient (Wildman–Crippen LogP) is 2.30. The van der Waals surface area contributed by atoms with Crippen molar-refractivity contribution in [2.75, 3.05) is 18.0 Å². The number of benzene rings is 1. The Morgan fingerprint density at radius 1 is 1.09 bits per heavy atom. The van der Waals surface area contributed by atoms with Crippen LogP contribution in [0, 0.1) is 17.3 Å². The average Bonchev–Trinajstić information content (AvgIpc) is 2.98. The van der Waals surface area contributed by atoms with E-state index in [1.54, 1.807) is 0 Å². The molecule has 4 heteroatoms. The Morgan fingerprint density at radius 3 is 2.55 bits per heavy atom. The monoisotopic (exact) mass is 298 g/mol. The summed E-state index contributed by atoms with van der Waals surface area (Å²) in [5.74, 6) is -0.326. The first-order valence-electron chi connectivity index (χ1n) is 8.17. The number of hydrogen-bond donors (Lipinski definition) is 0. The van der Waals surface area contributed by atoms with Crippen LogP contribution >= 0.6 is 0 Å². The second-order valence-electron chi connectivity index (χ2n) is 7.51. The maximum absolute atomic E-state index is 13.0. The van der Waals surface area contributed by atoms with Crippen LogP contribution in [-0.4, -0.2) is 35.8 Å². The molecule has 3 saturated heterocycles. The van der Waals surface area contributed by atoms with Gasteiger partial charge in [-0.3, -0.25) is 14.5 Å². The highest BCUT2D eigenvalue weighted by atomic mass is 16.2. The number of imide groups is 1. The number of fused-ring (bicyclic) bond motifs is 3. The van der Waals surface area contributed by atoms with E-state index < -0.39 is 0 Å². The van der Waals surface area contributed by atoms with Crippen molar-refractivity contribution in [3.63, 3.8) is 0 Å². The summed E-state index contributed by atoms with van der Waals surface area (Å²) in [6.45, 7) is 6.25. The summed E-state index contributed by atoms with van der Waals surface area (Å²) in [5.41, 5.74) is 0.812. The molecular formula is C18H22N2O2. The zero-order chi connectivity index (χ0) is 15.5. The van der Waals surface area contributed by atoms with E-state index in [0.29, 0.717) is 5.69 Å². The van der Waals surface area contributed by atoms with Gasteiger partial charge in [-0.15, -0.1) is 0 Å². The molecule has 3 aliphatic heterocycles. The summed E-state index contributed by atoms with van der Waals surface area (Å²) in [6.07, 6.45) is 2.29. The van der Waals surface area contributed by atoms with Gasteiger partial charge in [0.15, 0.2) is 0 Å². The fourth-order valence-electron chi connectivity index (χ4n) is 4.82. The molecule has 1 aromatic rings. The van der Waals surface area contributed by atoms with Crippen LogP contribution in [-0.2, 0) is 9.59 Å². The molecule has 116 valence electrons. The van der Waals surface area contributed by atoms with Gasteiger partial charge in [0.05, 0.1) is 17.5 Å². The van der Waals surface area contributed by atoms with Gasteiger partial charge < -0.3 is 0 Å². The number of para-hydroxylation sites is 1. The van der Waals surface area contributed by atoms with Crippen molar-refractivity contribution >= 4 is 17.5 Å². The number of rotatable bonds is 1. The number of carbonyl (C=O) groups is 2. The topological polar surface area (TPSA) is 40.6 Å². The van der Waals surface area contributed by atoms with E-state index in [1.165, 1.54) is 4.90 Å². The number of amides is 2. The smallest absolute Gasteiger partial charge is 0.239 e.